The Morgan fingerprint density at radius 3 is 3.00 bits per heavy atom. The molecule has 1 saturated heterocycles. The Kier molecular flexibility index (Phi) is 3.66. The number of fused-ring (bicyclic) bond motifs is 1. The molecule has 1 unspecified atom stereocenters. The molecular formula is C16H23N3O. The first kappa shape index (κ1) is 13.4. The number of rotatable bonds is 3. The number of hydrogen-bond donors (Lipinski definition) is 0. The van der Waals surface area contributed by atoms with Gasteiger partial charge in [-0.3, -0.25) is 0 Å². The van der Waals surface area contributed by atoms with Crippen LogP contribution in [0.1, 0.15) is 38.4 Å². The van der Waals surface area contributed by atoms with Gasteiger partial charge in [-0.15, -0.1) is 0 Å². The second-order valence-electron chi connectivity index (χ2n) is 5.91. The van der Waals surface area contributed by atoms with Crippen LogP contribution in [-0.2, 0) is 0 Å². The number of nitrogens with zero attached hydrogens (tertiary/aromatic N) is 3. The summed E-state index contributed by atoms with van der Waals surface area (Å²) in [5.41, 5.74) is 1.11. The third kappa shape index (κ3) is 2.40. The van der Waals surface area contributed by atoms with Gasteiger partial charge < -0.3 is 14.0 Å². The van der Waals surface area contributed by atoms with Crippen molar-refractivity contribution in [3.05, 3.63) is 30.4 Å². The van der Waals surface area contributed by atoms with Crippen LogP contribution in [0.2, 0.25) is 0 Å². The van der Waals surface area contributed by atoms with Gasteiger partial charge in [0.05, 0.1) is 18.8 Å². The van der Waals surface area contributed by atoms with Crippen molar-refractivity contribution in [3.8, 4) is 5.75 Å². The van der Waals surface area contributed by atoms with Crippen LogP contribution in [0, 0.1) is 0 Å². The zero-order valence-corrected chi connectivity index (χ0v) is 12.5. The smallest absolute Gasteiger partial charge is 0.122 e. The quantitative estimate of drug-likeness (QED) is 0.861. The van der Waals surface area contributed by atoms with Crippen molar-refractivity contribution >= 4 is 5.52 Å². The van der Waals surface area contributed by atoms with Crippen LogP contribution in [-0.4, -0.2) is 40.5 Å². The van der Waals surface area contributed by atoms with Gasteiger partial charge in [-0.25, -0.2) is 4.98 Å². The molecule has 0 aliphatic carbocycles. The van der Waals surface area contributed by atoms with E-state index in [0.717, 1.165) is 17.8 Å². The first-order valence-corrected chi connectivity index (χ1v) is 7.44. The normalized spacial score (nSPS) is 20.7. The number of piperidine rings is 1. The number of likely N-dealkylation sites (tertiary alicyclic amines) is 1. The number of pyridine rings is 1. The van der Waals surface area contributed by atoms with E-state index in [4.69, 9.17) is 4.74 Å². The van der Waals surface area contributed by atoms with Crippen LogP contribution in [0.4, 0.5) is 0 Å². The lowest BCUT2D eigenvalue weighted by molar-refractivity contribution is 0.164. The van der Waals surface area contributed by atoms with Crippen LogP contribution in [0.15, 0.2) is 24.5 Å². The predicted molar refractivity (Wildman–Crippen MR) is 80.4 cm³/mol. The van der Waals surface area contributed by atoms with E-state index in [1.807, 2.05) is 18.3 Å². The monoisotopic (exact) mass is 273 g/mol. The molecule has 2 aromatic rings. The highest BCUT2D eigenvalue weighted by atomic mass is 16.5. The van der Waals surface area contributed by atoms with Crippen molar-refractivity contribution < 1.29 is 4.74 Å². The SMILES string of the molecule is COc1ccn2c(C3CCCN(C(C)C)C3)ncc2c1. The van der Waals surface area contributed by atoms with Gasteiger partial charge in [0.2, 0.25) is 0 Å². The molecule has 1 fully saturated rings. The summed E-state index contributed by atoms with van der Waals surface area (Å²) in [4.78, 5) is 7.22. The fourth-order valence-electron chi connectivity index (χ4n) is 3.12. The maximum absolute atomic E-state index is 5.28. The van der Waals surface area contributed by atoms with E-state index in [9.17, 15) is 0 Å². The maximum Gasteiger partial charge on any atom is 0.122 e. The summed E-state index contributed by atoms with van der Waals surface area (Å²) >= 11 is 0. The first-order chi connectivity index (χ1) is 9.69. The van der Waals surface area contributed by atoms with Crippen molar-refractivity contribution in [1.29, 1.82) is 0 Å². The molecule has 3 rings (SSSR count). The molecule has 0 spiro atoms. The molecule has 0 N–H and O–H groups in total. The highest BCUT2D eigenvalue weighted by Crippen LogP contribution is 2.28. The summed E-state index contributed by atoms with van der Waals surface area (Å²) in [6.07, 6.45) is 6.51. The Labute approximate surface area is 120 Å². The maximum atomic E-state index is 5.28. The number of hydrogen-bond acceptors (Lipinski definition) is 3. The molecule has 0 amide bonds. The molecule has 0 bridgehead atoms. The van der Waals surface area contributed by atoms with E-state index in [2.05, 4.69) is 34.3 Å². The lowest BCUT2D eigenvalue weighted by Crippen LogP contribution is -2.39. The minimum Gasteiger partial charge on any atom is -0.497 e. The molecule has 3 heterocycles. The van der Waals surface area contributed by atoms with Gasteiger partial charge in [-0.1, -0.05) is 0 Å². The molecule has 0 radical (unpaired) electrons. The van der Waals surface area contributed by atoms with Gasteiger partial charge in [0, 0.05) is 30.8 Å². The van der Waals surface area contributed by atoms with Crippen molar-refractivity contribution in [2.75, 3.05) is 20.2 Å². The predicted octanol–water partition coefficient (Wildman–Crippen LogP) is 2.93. The number of aromatic nitrogens is 2. The lowest BCUT2D eigenvalue weighted by atomic mass is 9.96. The lowest BCUT2D eigenvalue weighted by Gasteiger charge is -2.34. The average molecular weight is 273 g/mol. The van der Waals surface area contributed by atoms with E-state index in [1.165, 1.54) is 25.2 Å². The second kappa shape index (κ2) is 5.44. The molecule has 2 aromatic heterocycles. The Morgan fingerprint density at radius 2 is 2.25 bits per heavy atom. The number of imidazole rings is 1. The average Bonchev–Trinajstić information content (AvgIpc) is 2.90. The molecule has 1 atom stereocenters. The summed E-state index contributed by atoms with van der Waals surface area (Å²) in [7, 11) is 1.70. The minimum atomic E-state index is 0.530. The van der Waals surface area contributed by atoms with Gasteiger partial charge in [0.15, 0.2) is 0 Å². The van der Waals surface area contributed by atoms with E-state index in [0.29, 0.717) is 12.0 Å². The van der Waals surface area contributed by atoms with Gasteiger partial charge in [-0.05, 0) is 39.3 Å². The number of methoxy groups -OCH3 is 1. The highest BCUT2D eigenvalue weighted by molar-refractivity contribution is 5.50. The van der Waals surface area contributed by atoms with E-state index >= 15 is 0 Å². The van der Waals surface area contributed by atoms with E-state index in [-0.39, 0.29) is 0 Å². The van der Waals surface area contributed by atoms with Crippen LogP contribution in [0.5, 0.6) is 5.75 Å². The highest BCUT2D eigenvalue weighted by Gasteiger charge is 2.25. The molecule has 1 aliphatic heterocycles. The van der Waals surface area contributed by atoms with Crippen molar-refractivity contribution in [1.82, 2.24) is 14.3 Å². The fraction of sp³-hybridized carbons (Fsp3) is 0.562. The third-order valence-corrected chi connectivity index (χ3v) is 4.32. The fourth-order valence-corrected chi connectivity index (χ4v) is 3.12. The van der Waals surface area contributed by atoms with E-state index in [1.54, 1.807) is 7.11 Å². The molecule has 4 heteroatoms. The van der Waals surface area contributed by atoms with Gasteiger partial charge in [-0.2, -0.15) is 0 Å². The largest absolute Gasteiger partial charge is 0.497 e. The molecule has 1 aliphatic rings. The molecule has 0 aromatic carbocycles. The van der Waals surface area contributed by atoms with Crippen LogP contribution in [0.25, 0.3) is 5.52 Å². The molecule has 108 valence electrons. The summed E-state index contributed by atoms with van der Waals surface area (Å²) in [6, 6.07) is 4.66. The van der Waals surface area contributed by atoms with Crippen LogP contribution >= 0.6 is 0 Å². The number of ether oxygens (including phenoxy) is 1. The van der Waals surface area contributed by atoms with Crippen molar-refractivity contribution in [2.45, 2.75) is 38.6 Å². The molecule has 4 nitrogen and oxygen atoms in total. The Bertz CT molecular complexity index is 590. The van der Waals surface area contributed by atoms with E-state index < -0.39 is 0 Å². The molecular weight excluding hydrogens is 250 g/mol. The van der Waals surface area contributed by atoms with Gasteiger partial charge in [0.25, 0.3) is 0 Å². The Morgan fingerprint density at radius 1 is 1.40 bits per heavy atom. The second-order valence-corrected chi connectivity index (χ2v) is 5.91. The summed E-state index contributed by atoms with van der Waals surface area (Å²) < 4.78 is 7.48. The first-order valence-electron chi connectivity index (χ1n) is 7.44. The van der Waals surface area contributed by atoms with Crippen LogP contribution in [0.3, 0.4) is 0 Å². The van der Waals surface area contributed by atoms with Gasteiger partial charge in [0.1, 0.15) is 11.6 Å². The van der Waals surface area contributed by atoms with Gasteiger partial charge >= 0.3 is 0 Å². The topological polar surface area (TPSA) is 29.8 Å². The zero-order valence-electron chi connectivity index (χ0n) is 12.5. The van der Waals surface area contributed by atoms with Crippen LogP contribution < -0.4 is 4.74 Å². The third-order valence-electron chi connectivity index (χ3n) is 4.32. The summed E-state index contributed by atoms with van der Waals surface area (Å²) in [5.74, 6) is 2.60. The van der Waals surface area contributed by atoms with Crippen molar-refractivity contribution in [2.24, 2.45) is 0 Å². The van der Waals surface area contributed by atoms with Crippen molar-refractivity contribution in [3.63, 3.8) is 0 Å². The summed E-state index contributed by atoms with van der Waals surface area (Å²) in [5, 5.41) is 0. The molecule has 0 saturated carbocycles. The molecule has 20 heavy (non-hydrogen) atoms. The Hall–Kier alpha value is -1.55. The Balaban J connectivity index is 1.90. The standard InChI is InChI=1S/C16H23N3O/c1-12(2)18-7-4-5-13(11-18)16-17-10-14-9-15(20-3)6-8-19(14)16/h6,8-10,12-13H,4-5,7,11H2,1-3H3. The summed E-state index contributed by atoms with van der Waals surface area (Å²) in [6.45, 7) is 6.88. The zero-order chi connectivity index (χ0) is 14.1. The minimum absolute atomic E-state index is 0.530.